The first-order valence-corrected chi connectivity index (χ1v) is 15.3. The van der Waals surface area contributed by atoms with Crippen LogP contribution in [-0.4, -0.2) is 68.6 Å². The van der Waals surface area contributed by atoms with Crippen LogP contribution in [0.15, 0.2) is 18.2 Å². The first-order valence-electron chi connectivity index (χ1n) is 9.18. The SMILES string of the molecule is CN1CC[N]([In]2[CH2]CCC[CH]2C(=O)NCc2cc(F)cc(Cl)c2)CC1. The fourth-order valence-electron chi connectivity index (χ4n) is 4.04. The van der Waals surface area contributed by atoms with Crippen molar-refractivity contribution in [2.24, 2.45) is 0 Å². The summed E-state index contributed by atoms with van der Waals surface area (Å²) in [7, 11) is 2.17. The summed E-state index contributed by atoms with van der Waals surface area (Å²) in [6.45, 7) is 4.84. The van der Waals surface area contributed by atoms with Crippen LogP contribution in [-0.2, 0) is 11.3 Å². The molecule has 0 bridgehead atoms. The molecular formula is C18H26ClFInN3O. The van der Waals surface area contributed by atoms with Gasteiger partial charge < -0.3 is 0 Å². The van der Waals surface area contributed by atoms with E-state index in [0.717, 1.165) is 44.6 Å². The van der Waals surface area contributed by atoms with Crippen LogP contribution >= 0.6 is 11.6 Å². The third kappa shape index (κ3) is 5.34. The van der Waals surface area contributed by atoms with E-state index in [2.05, 4.69) is 20.2 Å². The van der Waals surface area contributed by atoms with E-state index in [9.17, 15) is 9.18 Å². The van der Waals surface area contributed by atoms with Crippen LogP contribution in [0.25, 0.3) is 0 Å². The van der Waals surface area contributed by atoms with Crippen LogP contribution in [0, 0.1) is 5.82 Å². The number of rotatable bonds is 4. The van der Waals surface area contributed by atoms with Gasteiger partial charge in [-0.25, -0.2) is 0 Å². The molecule has 2 heterocycles. The maximum absolute atomic E-state index is 13.4. The van der Waals surface area contributed by atoms with Gasteiger partial charge in [-0.3, -0.25) is 0 Å². The van der Waals surface area contributed by atoms with E-state index in [1.54, 1.807) is 6.07 Å². The number of nitrogens with zero attached hydrogens (tertiary/aromatic N) is 2. The molecule has 2 aliphatic rings. The predicted octanol–water partition coefficient (Wildman–Crippen LogP) is 2.89. The van der Waals surface area contributed by atoms with Gasteiger partial charge in [-0.05, 0) is 0 Å². The van der Waals surface area contributed by atoms with Crippen LogP contribution in [0.4, 0.5) is 4.39 Å². The molecule has 2 saturated heterocycles. The van der Waals surface area contributed by atoms with Gasteiger partial charge in [0.05, 0.1) is 0 Å². The molecule has 25 heavy (non-hydrogen) atoms. The van der Waals surface area contributed by atoms with Crippen LogP contribution in [0.3, 0.4) is 0 Å². The summed E-state index contributed by atoms with van der Waals surface area (Å²) in [4.78, 5) is 15.2. The number of hydrogen-bond acceptors (Lipinski definition) is 3. The molecular weight excluding hydrogens is 443 g/mol. The van der Waals surface area contributed by atoms with Crippen molar-refractivity contribution in [1.82, 2.24) is 13.1 Å². The Morgan fingerprint density at radius 1 is 1.28 bits per heavy atom. The Morgan fingerprint density at radius 3 is 2.76 bits per heavy atom. The van der Waals surface area contributed by atoms with Crippen LogP contribution in [0.5, 0.6) is 0 Å². The molecule has 2 fully saturated rings. The Labute approximate surface area is 162 Å². The Balaban J connectivity index is 1.60. The zero-order valence-electron chi connectivity index (χ0n) is 14.8. The molecule has 7 heteroatoms. The zero-order chi connectivity index (χ0) is 17.8. The fourth-order valence-corrected chi connectivity index (χ4v) is 15.6. The minimum absolute atomic E-state index is 0.180. The maximum atomic E-state index is 13.4. The molecule has 1 atom stereocenters. The van der Waals surface area contributed by atoms with Gasteiger partial charge in [-0.15, -0.1) is 0 Å². The molecule has 0 radical (unpaired) electrons. The monoisotopic (exact) mass is 469 g/mol. The topological polar surface area (TPSA) is 35.6 Å². The number of hydrogen-bond donors (Lipinski definition) is 1. The Kier molecular flexibility index (Phi) is 7.06. The number of likely N-dealkylation sites (N-methyl/N-ethyl adjacent to an activating group) is 1. The molecule has 1 unspecified atom stereocenters. The number of carbonyl (C=O) groups excluding carboxylic acids is 1. The average molecular weight is 470 g/mol. The molecule has 136 valence electrons. The zero-order valence-corrected chi connectivity index (χ0v) is 18.9. The molecule has 1 N–H and O–H groups in total. The molecule has 0 saturated carbocycles. The van der Waals surface area contributed by atoms with E-state index < -0.39 is 21.7 Å². The third-order valence-corrected chi connectivity index (χ3v) is 17.2. The van der Waals surface area contributed by atoms with E-state index in [1.165, 1.54) is 22.7 Å². The van der Waals surface area contributed by atoms with E-state index in [4.69, 9.17) is 11.6 Å². The van der Waals surface area contributed by atoms with E-state index in [1.807, 2.05) is 0 Å². The standard InChI is InChI=1S/C13H15ClFNO.C5H11N2.In/c1-2-3-4-5-13(17)16-9-10-6-11(14)8-12(15)7-10;1-7-4-2-6-3-5-7;/h5-8H,1-4,9H2,(H,16,17);2-5H2,1H3;/q;-1;+1. The molecule has 1 aromatic rings. The number of amides is 1. The molecule has 0 aromatic heterocycles. The molecule has 4 nitrogen and oxygen atoms in total. The summed E-state index contributed by atoms with van der Waals surface area (Å²) >= 11 is 3.82. The fraction of sp³-hybridized carbons (Fsp3) is 0.611. The quantitative estimate of drug-likeness (QED) is 0.737. The van der Waals surface area contributed by atoms with Gasteiger partial charge in [-0.2, -0.15) is 0 Å². The Bertz CT molecular complexity index is 590. The Hall–Kier alpha value is -0.300. The van der Waals surface area contributed by atoms with E-state index in [0.29, 0.717) is 11.6 Å². The van der Waals surface area contributed by atoms with Crippen molar-refractivity contribution in [2.75, 3.05) is 33.2 Å². The summed E-state index contributed by atoms with van der Waals surface area (Å²) in [5, 5.41) is 3.42. The number of benzene rings is 1. The van der Waals surface area contributed by atoms with Crippen molar-refractivity contribution in [2.45, 2.75) is 33.7 Å². The van der Waals surface area contributed by atoms with Gasteiger partial charge >= 0.3 is 163 Å². The Morgan fingerprint density at radius 2 is 2.04 bits per heavy atom. The van der Waals surface area contributed by atoms with Crippen molar-refractivity contribution < 1.29 is 9.18 Å². The van der Waals surface area contributed by atoms with E-state index in [-0.39, 0.29) is 15.4 Å². The summed E-state index contributed by atoms with van der Waals surface area (Å²) in [6, 6.07) is 4.44. The first kappa shape index (κ1) is 19.5. The van der Waals surface area contributed by atoms with Crippen molar-refractivity contribution in [3.05, 3.63) is 34.6 Å². The van der Waals surface area contributed by atoms with Crippen molar-refractivity contribution >= 4 is 39.2 Å². The summed E-state index contributed by atoms with van der Waals surface area (Å²) < 4.78 is 17.7. The third-order valence-electron chi connectivity index (χ3n) is 5.46. The van der Waals surface area contributed by atoms with Crippen LogP contribution in [0.1, 0.15) is 24.8 Å². The van der Waals surface area contributed by atoms with Gasteiger partial charge in [0.1, 0.15) is 0 Å². The summed E-state index contributed by atoms with van der Waals surface area (Å²) in [6.07, 6.45) is 3.48. The number of carbonyl (C=O) groups is 1. The van der Waals surface area contributed by atoms with Gasteiger partial charge in [0, 0.05) is 0 Å². The van der Waals surface area contributed by atoms with E-state index >= 15 is 0 Å². The van der Waals surface area contributed by atoms with Gasteiger partial charge in [0.2, 0.25) is 0 Å². The molecule has 0 aliphatic carbocycles. The second kappa shape index (κ2) is 9.07. The normalized spacial score (nSPS) is 22.8. The van der Waals surface area contributed by atoms with Crippen molar-refractivity contribution in [3.8, 4) is 0 Å². The molecule has 1 amide bonds. The second-order valence-corrected chi connectivity index (χ2v) is 17.0. The number of halogens is 2. The van der Waals surface area contributed by atoms with Gasteiger partial charge in [-0.1, -0.05) is 0 Å². The molecule has 0 spiro atoms. The number of nitrogens with one attached hydrogen (secondary N) is 1. The minimum atomic E-state index is -2.07. The van der Waals surface area contributed by atoms with Gasteiger partial charge in [0.25, 0.3) is 0 Å². The predicted molar refractivity (Wildman–Crippen MR) is 100 cm³/mol. The van der Waals surface area contributed by atoms with Crippen LogP contribution in [0.2, 0.25) is 12.9 Å². The summed E-state index contributed by atoms with van der Waals surface area (Å²) in [5.41, 5.74) is 0.723. The van der Waals surface area contributed by atoms with Crippen LogP contribution < -0.4 is 5.32 Å². The second-order valence-electron chi connectivity index (χ2n) is 7.29. The average Bonchev–Trinajstić information content (AvgIpc) is 2.59. The molecule has 2 aliphatic heterocycles. The van der Waals surface area contributed by atoms with Crippen molar-refractivity contribution in [1.29, 1.82) is 0 Å². The summed E-state index contributed by atoms with van der Waals surface area (Å²) in [5.74, 6) is -0.177. The molecule has 1 aromatic carbocycles. The van der Waals surface area contributed by atoms with Gasteiger partial charge in [0.15, 0.2) is 0 Å². The van der Waals surface area contributed by atoms with Crippen molar-refractivity contribution in [3.63, 3.8) is 0 Å². The first-order chi connectivity index (χ1) is 12.0. The number of piperazine rings is 1. The molecule has 3 rings (SSSR count).